The first kappa shape index (κ1) is 21.2. The lowest BCUT2D eigenvalue weighted by Crippen LogP contribution is -2.15. The van der Waals surface area contributed by atoms with Crippen LogP contribution in [0, 0.1) is 5.41 Å². The molecule has 1 unspecified atom stereocenters. The van der Waals surface area contributed by atoms with E-state index in [1.54, 1.807) is 0 Å². The molecule has 3 aromatic carbocycles. The molecule has 0 saturated heterocycles. The minimum atomic E-state index is 0.397. The zero-order chi connectivity index (χ0) is 20.7. The van der Waals surface area contributed by atoms with Gasteiger partial charge in [0, 0.05) is 17.1 Å². The van der Waals surface area contributed by atoms with Crippen LogP contribution in [0.5, 0.6) is 0 Å². The van der Waals surface area contributed by atoms with Gasteiger partial charge >= 0.3 is 0 Å². The van der Waals surface area contributed by atoms with Crippen molar-refractivity contribution in [1.29, 1.82) is 0 Å². The largest absolute Gasteiger partial charge is 0.311 e. The second kappa shape index (κ2) is 9.78. The molecule has 0 fully saturated rings. The molecule has 0 aromatic heterocycles. The first-order valence-electron chi connectivity index (χ1n) is 11.0. The number of unbranched alkanes of at least 4 members (excludes halogenated alkanes) is 1. The fourth-order valence-corrected chi connectivity index (χ4v) is 4.26. The third kappa shape index (κ3) is 5.73. The molecule has 3 aromatic rings. The maximum atomic E-state index is 2.42. The van der Waals surface area contributed by atoms with Gasteiger partial charge in [-0.25, -0.2) is 0 Å². The Morgan fingerprint density at radius 1 is 0.724 bits per heavy atom. The van der Waals surface area contributed by atoms with E-state index in [1.165, 1.54) is 48.3 Å². The highest BCUT2D eigenvalue weighted by Gasteiger charge is 2.21. The van der Waals surface area contributed by atoms with Crippen molar-refractivity contribution in [2.24, 2.45) is 5.41 Å². The molecular weight excluding hydrogens is 350 g/mol. The van der Waals surface area contributed by atoms with Crippen LogP contribution >= 0.6 is 0 Å². The highest BCUT2D eigenvalue weighted by molar-refractivity contribution is 5.76. The molecule has 0 radical (unpaired) electrons. The topological polar surface area (TPSA) is 3.24 Å². The van der Waals surface area contributed by atoms with Gasteiger partial charge in [-0.15, -0.1) is 0 Å². The van der Waals surface area contributed by atoms with Gasteiger partial charge in [-0.3, -0.25) is 0 Å². The van der Waals surface area contributed by atoms with Crippen LogP contribution < -0.4 is 4.90 Å². The van der Waals surface area contributed by atoms with Crippen LogP contribution in [0.25, 0.3) is 0 Å². The molecular formula is C28H35N. The Morgan fingerprint density at radius 3 is 1.69 bits per heavy atom. The van der Waals surface area contributed by atoms with Crippen LogP contribution in [-0.4, -0.2) is 0 Å². The first-order chi connectivity index (χ1) is 14.0. The smallest absolute Gasteiger partial charge is 0.0461 e. The molecule has 152 valence electrons. The lowest BCUT2D eigenvalue weighted by atomic mass is 9.77. The van der Waals surface area contributed by atoms with Crippen LogP contribution in [0.3, 0.4) is 0 Å². The molecule has 0 aliphatic rings. The summed E-state index contributed by atoms with van der Waals surface area (Å²) in [6, 6.07) is 30.4. The van der Waals surface area contributed by atoms with E-state index in [9.17, 15) is 0 Å². The van der Waals surface area contributed by atoms with E-state index in [-0.39, 0.29) is 0 Å². The molecule has 0 saturated carbocycles. The van der Waals surface area contributed by atoms with Gasteiger partial charge in [0.25, 0.3) is 0 Å². The summed E-state index contributed by atoms with van der Waals surface area (Å²) in [4.78, 5) is 2.32. The number of anilines is 3. The van der Waals surface area contributed by atoms with Crippen molar-refractivity contribution in [3.8, 4) is 0 Å². The molecule has 0 aliphatic heterocycles. The Labute approximate surface area is 177 Å². The summed E-state index contributed by atoms with van der Waals surface area (Å²) in [6.07, 6.45) is 5.14. The third-order valence-electron chi connectivity index (χ3n) is 5.81. The van der Waals surface area contributed by atoms with E-state index in [2.05, 4.69) is 118 Å². The normalized spacial score (nSPS) is 12.6. The fraction of sp³-hybridized carbons (Fsp3) is 0.357. The molecule has 1 heteroatoms. The third-order valence-corrected chi connectivity index (χ3v) is 5.81. The minimum Gasteiger partial charge on any atom is -0.311 e. The monoisotopic (exact) mass is 385 g/mol. The van der Waals surface area contributed by atoms with Crippen molar-refractivity contribution in [3.63, 3.8) is 0 Å². The van der Waals surface area contributed by atoms with Gasteiger partial charge < -0.3 is 4.90 Å². The molecule has 0 heterocycles. The second-order valence-electron chi connectivity index (χ2n) is 8.97. The van der Waals surface area contributed by atoms with Gasteiger partial charge in [-0.1, -0.05) is 89.1 Å². The summed E-state index contributed by atoms with van der Waals surface area (Å²) in [5.74, 6) is 0.567. The van der Waals surface area contributed by atoms with Crippen LogP contribution in [0.1, 0.15) is 64.9 Å². The highest BCUT2D eigenvalue weighted by Crippen LogP contribution is 2.38. The van der Waals surface area contributed by atoms with Gasteiger partial charge in [0.2, 0.25) is 0 Å². The Bertz CT molecular complexity index is 810. The predicted octanol–water partition coefficient (Wildman–Crippen LogP) is 8.87. The van der Waals surface area contributed by atoms with Crippen LogP contribution in [-0.2, 0) is 0 Å². The maximum Gasteiger partial charge on any atom is 0.0461 e. The standard InChI is InChI=1S/C28H35N/c1-5-6-21-28(3,4)22-23(2)24-17-19-27(20-18-24)29(25-13-9-7-10-14-25)26-15-11-8-12-16-26/h7-20,23H,5-6,21-22H2,1-4H3. The second-order valence-corrected chi connectivity index (χ2v) is 8.97. The van der Waals surface area contributed by atoms with Crippen LogP contribution in [0.4, 0.5) is 17.1 Å². The number of rotatable bonds is 9. The van der Waals surface area contributed by atoms with Crippen LogP contribution in [0.15, 0.2) is 84.9 Å². The average molecular weight is 386 g/mol. The van der Waals surface area contributed by atoms with Crippen molar-refractivity contribution >= 4 is 17.1 Å². The molecule has 0 spiro atoms. The van der Waals surface area contributed by atoms with Gasteiger partial charge in [-0.05, 0) is 66.1 Å². The van der Waals surface area contributed by atoms with E-state index in [4.69, 9.17) is 0 Å². The Morgan fingerprint density at radius 2 is 1.21 bits per heavy atom. The summed E-state index contributed by atoms with van der Waals surface area (Å²) in [5.41, 5.74) is 5.39. The van der Waals surface area contributed by atoms with Crippen molar-refractivity contribution in [3.05, 3.63) is 90.5 Å². The van der Waals surface area contributed by atoms with E-state index in [0.29, 0.717) is 11.3 Å². The predicted molar refractivity (Wildman–Crippen MR) is 127 cm³/mol. The van der Waals surface area contributed by atoms with Crippen molar-refractivity contribution in [1.82, 2.24) is 0 Å². The zero-order valence-electron chi connectivity index (χ0n) is 18.4. The first-order valence-corrected chi connectivity index (χ1v) is 11.0. The number of para-hydroxylation sites is 2. The average Bonchev–Trinajstić information content (AvgIpc) is 2.74. The van der Waals surface area contributed by atoms with Crippen molar-refractivity contribution in [2.75, 3.05) is 4.90 Å². The summed E-state index contributed by atoms with van der Waals surface area (Å²) in [6.45, 7) is 9.48. The quantitative estimate of drug-likeness (QED) is 0.355. The number of nitrogens with zero attached hydrogens (tertiary/aromatic N) is 1. The molecule has 3 rings (SSSR count). The van der Waals surface area contributed by atoms with Crippen LogP contribution in [0.2, 0.25) is 0 Å². The number of hydrogen-bond donors (Lipinski definition) is 0. The summed E-state index contributed by atoms with van der Waals surface area (Å²) >= 11 is 0. The molecule has 1 atom stereocenters. The lowest BCUT2D eigenvalue weighted by molar-refractivity contribution is 0.278. The SMILES string of the molecule is CCCCC(C)(C)CC(C)c1ccc(N(c2ccccc2)c2ccccc2)cc1. The molecule has 0 aliphatic carbocycles. The minimum absolute atomic E-state index is 0.397. The van der Waals surface area contributed by atoms with E-state index in [0.717, 1.165) is 0 Å². The molecule has 0 bridgehead atoms. The summed E-state index contributed by atoms with van der Waals surface area (Å²) in [5, 5.41) is 0. The van der Waals surface area contributed by atoms with E-state index >= 15 is 0 Å². The van der Waals surface area contributed by atoms with Gasteiger partial charge in [0.1, 0.15) is 0 Å². The number of hydrogen-bond acceptors (Lipinski definition) is 1. The molecule has 0 amide bonds. The highest BCUT2D eigenvalue weighted by atomic mass is 15.1. The molecule has 29 heavy (non-hydrogen) atoms. The van der Waals surface area contributed by atoms with E-state index in [1.807, 2.05) is 0 Å². The Hall–Kier alpha value is -2.54. The Kier molecular flexibility index (Phi) is 7.14. The molecule has 0 N–H and O–H groups in total. The summed E-state index contributed by atoms with van der Waals surface area (Å²) in [7, 11) is 0. The zero-order valence-corrected chi connectivity index (χ0v) is 18.4. The van der Waals surface area contributed by atoms with E-state index < -0.39 is 0 Å². The van der Waals surface area contributed by atoms with Crippen molar-refractivity contribution < 1.29 is 0 Å². The summed E-state index contributed by atoms with van der Waals surface area (Å²) < 4.78 is 0. The van der Waals surface area contributed by atoms with Gasteiger partial charge in [0.15, 0.2) is 0 Å². The van der Waals surface area contributed by atoms with Crippen molar-refractivity contribution in [2.45, 2.75) is 59.3 Å². The Balaban J connectivity index is 1.83. The van der Waals surface area contributed by atoms with Gasteiger partial charge in [-0.2, -0.15) is 0 Å². The fourth-order valence-electron chi connectivity index (χ4n) is 4.26. The molecule has 1 nitrogen and oxygen atoms in total. The van der Waals surface area contributed by atoms with Gasteiger partial charge in [0.05, 0.1) is 0 Å². The lowest BCUT2D eigenvalue weighted by Gasteiger charge is -2.29. The maximum absolute atomic E-state index is 2.42. The number of benzene rings is 3.